The number of fused-ring (bicyclic) bond motifs is 7. The lowest BCUT2D eigenvalue weighted by atomic mass is 9.32. The van der Waals surface area contributed by atoms with Crippen molar-refractivity contribution in [2.45, 2.75) is 137 Å². The molecule has 0 aromatic rings. The summed E-state index contributed by atoms with van der Waals surface area (Å²) in [5, 5.41) is 16.9. The van der Waals surface area contributed by atoms with Crippen LogP contribution in [0.4, 0.5) is 9.59 Å². The highest BCUT2D eigenvalue weighted by atomic mass is 16.6. The van der Waals surface area contributed by atoms with Crippen LogP contribution in [0.15, 0.2) is 0 Å². The van der Waals surface area contributed by atoms with E-state index in [0.29, 0.717) is 36.9 Å². The number of hydrogen-bond donors (Lipinski definition) is 3. The highest BCUT2D eigenvalue weighted by molar-refractivity contribution is 5.76. The second-order valence-corrected chi connectivity index (χ2v) is 19.8. The van der Waals surface area contributed by atoms with Crippen LogP contribution in [0.5, 0.6) is 0 Å². The maximum absolute atomic E-state index is 13.3. The summed E-state index contributed by atoms with van der Waals surface area (Å²) in [6.07, 6.45) is 12.0. The molecule has 1 saturated heterocycles. The minimum absolute atomic E-state index is 0.0379. The first-order chi connectivity index (χ1) is 24.7. The summed E-state index contributed by atoms with van der Waals surface area (Å²) in [6, 6.07) is 0.293. The molecule has 0 aromatic carbocycles. The average molecular weight is 728 g/mol. The molecule has 11 atom stereocenters. The Bertz CT molecular complexity index is 1350. The van der Waals surface area contributed by atoms with Crippen molar-refractivity contribution in [2.24, 2.45) is 62.6 Å². The zero-order valence-electron chi connectivity index (χ0n) is 33.1. The Morgan fingerprint density at radius 2 is 1.60 bits per heavy atom. The lowest BCUT2D eigenvalue weighted by Gasteiger charge is -2.72. The number of nitrogens with zero attached hydrogens (tertiary/aromatic N) is 1. The summed E-state index contributed by atoms with van der Waals surface area (Å²) >= 11 is 0. The number of aliphatic carboxylic acids is 1. The van der Waals surface area contributed by atoms with Gasteiger partial charge in [-0.15, -0.1) is 0 Å². The Kier molecular flexibility index (Phi) is 10.4. The molecule has 7 rings (SSSR count). The maximum atomic E-state index is 13.3. The van der Waals surface area contributed by atoms with Gasteiger partial charge in [0.25, 0.3) is 0 Å². The Morgan fingerprint density at radius 1 is 0.846 bits per heavy atom. The van der Waals surface area contributed by atoms with Crippen molar-refractivity contribution in [2.75, 3.05) is 46.0 Å². The fourth-order valence-electron chi connectivity index (χ4n) is 14.1. The molecule has 5 unspecified atom stereocenters. The number of ether oxygens (including phenoxy) is 3. The van der Waals surface area contributed by atoms with Gasteiger partial charge in [0, 0.05) is 31.1 Å². The fraction of sp³-hybridized carbons (Fsp3) is 0.929. The van der Waals surface area contributed by atoms with E-state index in [1.54, 1.807) is 0 Å². The molecule has 2 amide bonds. The predicted molar refractivity (Wildman–Crippen MR) is 199 cm³/mol. The molecule has 0 radical (unpaired) electrons. The van der Waals surface area contributed by atoms with Gasteiger partial charge in [0.15, 0.2) is 0 Å². The van der Waals surface area contributed by atoms with E-state index in [-0.39, 0.29) is 57.7 Å². The average Bonchev–Trinajstić information content (AvgIpc) is 3.82. The van der Waals surface area contributed by atoms with Crippen molar-refractivity contribution in [3.8, 4) is 0 Å². The summed E-state index contributed by atoms with van der Waals surface area (Å²) in [4.78, 5) is 41.2. The number of alkyl carbamates (subject to hydrolysis) is 2. The van der Waals surface area contributed by atoms with Gasteiger partial charge in [0.1, 0.15) is 6.10 Å². The van der Waals surface area contributed by atoms with Crippen molar-refractivity contribution in [3.05, 3.63) is 0 Å². The molecule has 6 saturated carbocycles. The van der Waals surface area contributed by atoms with Crippen LogP contribution in [0.2, 0.25) is 0 Å². The summed E-state index contributed by atoms with van der Waals surface area (Å²) < 4.78 is 17.4. The first kappa shape index (κ1) is 38.2. The Balaban J connectivity index is 1.03. The van der Waals surface area contributed by atoms with Crippen LogP contribution < -0.4 is 10.6 Å². The van der Waals surface area contributed by atoms with Gasteiger partial charge in [-0.3, -0.25) is 9.69 Å². The molecule has 10 heteroatoms. The molecule has 7 fully saturated rings. The van der Waals surface area contributed by atoms with Gasteiger partial charge >= 0.3 is 18.2 Å². The number of rotatable bonds is 10. The van der Waals surface area contributed by atoms with E-state index in [1.807, 2.05) is 0 Å². The lowest BCUT2D eigenvalue weighted by Crippen LogP contribution is -2.67. The third kappa shape index (κ3) is 6.45. The van der Waals surface area contributed by atoms with Crippen LogP contribution in [-0.2, 0) is 19.0 Å². The maximum Gasteiger partial charge on any atom is 0.407 e. The number of nitrogens with one attached hydrogen (secondary N) is 2. The van der Waals surface area contributed by atoms with Crippen molar-refractivity contribution in [3.63, 3.8) is 0 Å². The van der Waals surface area contributed by atoms with Crippen LogP contribution >= 0.6 is 0 Å². The summed E-state index contributed by atoms with van der Waals surface area (Å²) in [7, 11) is 0. The number of carboxylic acid groups (broad SMARTS) is 1. The van der Waals surface area contributed by atoms with E-state index in [1.165, 1.54) is 0 Å². The Labute approximate surface area is 312 Å². The molecule has 6 aliphatic carbocycles. The topological polar surface area (TPSA) is 126 Å². The summed E-state index contributed by atoms with van der Waals surface area (Å²) in [5.74, 6) is 1.14. The van der Waals surface area contributed by atoms with Crippen LogP contribution in [0, 0.1) is 62.6 Å². The predicted octanol–water partition coefficient (Wildman–Crippen LogP) is 7.49. The quantitative estimate of drug-likeness (QED) is 0.198. The zero-order chi connectivity index (χ0) is 37.1. The normalized spacial score (nSPS) is 43.1. The molecule has 1 aliphatic heterocycles. The number of hydrogen-bond acceptors (Lipinski definition) is 7. The molecular formula is C42H69N3O7. The highest BCUT2D eigenvalue weighted by Crippen LogP contribution is 2.77. The van der Waals surface area contributed by atoms with Crippen LogP contribution in [-0.4, -0.2) is 86.3 Å². The van der Waals surface area contributed by atoms with E-state index in [0.717, 1.165) is 116 Å². The molecule has 10 nitrogen and oxygen atoms in total. The van der Waals surface area contributed by atoms with Gasteiger partial charge in [-0.05, 0) is 142 Å². The molecule has 0 spiro atoms. The largest absolute Gasteiger partial charge is 0.481 e. The molecular weight excluding hydrogens is 658 g/mol. The molecule has 1 heterocycles. The van der Waals surface area contributed by atoms with E-state index >= 15 is 0 Å². The zero-order valence-corrected chi connectivity index (χ0v) is 33.1. The van der Waals surface area contributed by atoms with Crippen molar-refractivity contribution < 1.29 is 33.7 Å². The van der Waals surface area contributed by atoms with Gasteiger partial charge in [0.2, 0.25) is 0 Å². The first-order valence-corrected chi connectivity index (χ1v) is 21.1. The smallest absolute Gasteiger partial charge is 0.407 e. The number of amides is 2. The Hall–Kier alpha value is -2.07. The second kappa shape index (κ2) is 14.2. The summed E-state index contributed by atoms with van der Waals surface area (Å²) in [5.41, 5.74) is -0.514. The highest BCUT2D eigenvalue weighted by Gasteiger charge is 2.72. The third-order valence-corrected chi connectivity index (χ3v) is 17.2. The van der Waals surface area contributed by atoms with E-state index in [4.69, 9.17) is 14.2 Å². The number of carbonyl (C=O) groups excluding carboxylic acids is 2. The number of carboxylic acids is 1. The molecule has 52 heavy (non-hydrogen) atoms. The van der Waals surface area contributed by atoms with Crippen molar-refractivity contribution >= 4 is 18.2 Å². The van der Waals surface area contributed by atoms with E-state index in [2.05, 4.69) is 57.1 Å². The molecule has 0 bridgehead atoms. The minimum Gasteiger partial charge on any atom is -0.481 e. The van der Waals surface area contributed by atoms with E-state index in [9.17, 15) is 19.5 Å². The van der Waals surface area contributed by atoms with Crippen molar-refractivity contribution in [1.29, 1.82) is 0 Å². The van der Waals surface area contributed by atoms with Gasteiger partial charge in [0.05, 0.1) is 25.2 Å². The van der Waals surface area contributed by atoms with Gasteiger partial charge in [-0.25, -0.2) is 9.59 Å². The monoisotopic (exact) mass is 728 g/mol. The first-order valence-electron chi connectivity index (χ1n) is 21.1. The Morgan fingerprint density at radius 3 is 2.31 bits per heavy atom. The van der Waals surface area contributed by atoms with E-state index < -0.39 is 11.4 Å². The third-order valence-electron chi connectivity index (χ3n) is 17.2. The second-order valence-electron chi connectivity index (χ2n) is 19.8. The standard InChI is InChI=1S/C42H69N3O7/c1-27(26-51-36(48)43-20-7-21-45-22-24-50-25-23-45)29-12-17-42(35(46)47)19-18-40(5)30(34(29)42)10-11-32-39(4)15-14-33(52-37(49)44-28-8-9-28)38(2,3)31(39)13-16-41(32,40)6/h27-34H,7-26H2,1-6H3,(H,43,48)(H,44,49)(H,46,47)/t27?,29-,30?,31?,32?,33+,34?,39-,40+,41+,42-/m0/s1. The number of morpholine rings is 1. The number of carbonyl (C=O) groups is 3. The fourth-order valence-corrected chi connectivity index (χ4v) is 14.1. The van der Waals surface area contributed by atoms with Crippen molar-refractivity contribution in [1.82, 2.24) is 15.5 Å². The van der Waals surface area contributed by atoms with Crippen LogP contribution in [0.25, 0.3) is 0 Å². The SMILES string of the molecule is CC(COC(=O)NCCCN1CCOCC1)[C@@H]1CC[C@]2(C(=O)O)CC[C@]3(C)C(CCC4[C@@]5(C)CC[C@@H](OC(=O)NC6CC6)C(C)(C)C5CC[C@]43C)C12. The van der Waals surface area contributed by atoms with Crippen LogP contribution in [0.1, 0.15) is 125 Å². The minimum atomic E-state index is -0.687. The summed E-state index contributed by atoms with van der Waals surface area (Å²) in [6.45, 7) is 19.8. The van der Waals surface area contributed by atoms with Gasteiger partial charge in [-0.1, -0.05) is 41.5 Å². The van der Waals surface area contributed by atoms with Gasteiger partial charge < -0.3 is 30.0 Å². The molecule has 294 valence electrons. The van der Waals surface area contributed by atoms with Gasteiger partial charge in [-0.2, -0.15) is 0 Å². The van der Waals surface area contributed by atoms with Crippen LogP contribution in [0.3, 0.4) is 0 Å². The molecule has 7 aliphatic rings. The molecule has 3 N–H and O–H groups in total. The molecule has 0 aromatic heterocycles. The lowest BCUT2D eigenvalue weighted by molar-refractivity contribution is -0.249.